The van der Waals surface area contributed by atoms with Crippen LogP contribution in [-0.4, -0.2) is 11.1 Å². The van der Waals surface area contributed by atoms with Gasteiger partial charge in [0.2, 0.25) is 0 Å². The van der Waals surface area contributed by atoms with Gasteiger partial charge in [-0.2, -0.15) is 0 Å². The summed E-state index contributed by atoms with van der Waals surface area (Å²) < 4.78 is 1.16. The number of carboxylic acids is 1. The predicted molar refractivity (Wildman–Crippen MR) is 79.9 cm³/mol. The molecule has 0 saturated carbocycles. The zero-order chi connectivity index (χ0) is 13.0. The van der Waals surface area contributed by atoms with Crippen molar-refractivity contribution < 1.29 is 9.90 Å². The molecule has 0 saturated heterocycles. The first-order valence-corrected chi connectivity index (χ1v) is 6.55. The number of rotatable bonds is 4. The van der Waals surface area contributed by atoms with Crippen LogP contribution in [0.25, 0.3) is 0 Å². The van der Waals surface area contributed by atoms with Crippen LogP contribution in [0.1, 0.15) is 15.9 Å². The summed E-state index contributed by atoms with van der Waals surface area (Å²) in [6.45, 7) is 0.612. The van der Waals surface area contributed by atoms with E-state index in [0.29, 0.717) is 12.1 Å². The summed E-state index contributed by atoms with van der Waals surface area (Å²) in [6.07, 6.45) is 0. The Labute approximate surface area is 119 Å². The van der Waals surface area contributed by atoms with Crippen LogP contribution in [0.5, 0.6) is 0 Å². The highest BCUT2D eigenvalue weighted by Gasteiger charge is 2.02. The smallest absolute Gasteiger partial charge is 0.335 e. The summed E-state index contributed by atoms with van der Waals surface area (Å²) in [5, 5.41) is 12.2. The van der Waals surface area contributed by atoms with E-state index in [1.807, 2.05) is 30.3 Å². The second-order valence-electron chi connectivity index (χ2n) is 3.87. The first-order valence-electron chi connectivity index (χ1n) is 5.47. The van der Waals surface area contributed by atoms with E-state index in [1.54, 1.807) is 18.2 Å². The first-order chi connectivity index (χ1) is 8.65. The van der Waals surface area contributed by atoms with E-state index >= 15 is 0 Å². The van der Waals surface area contributed by atoms with Gasteiger partial charge in [-0.25, -0.2) is 4.79 Å². The standard InChI is InChI=1S/C14H12INO2/c15-12-5-2-6-13(8-12)16-9-10-3-1-4-11(7-10)14(17)18/h1-8,16H,9H2,(H,17,18). The monoisotopic (exact) mass is 353 g/mol. The molecule has 18 heavy (non-hydrogen) atoms. The lowest BCUT2D eigenvalue weighted by Crippen LogP contribution is -2.02. The quantitative estimate of drug-likeness (QED) is 0.826. The van der Waals surface area contributed by atoms with E-state index in [9.17, 15) is 4.79 Å². The molecule has 0 aromatic heterocycles. The Balaban J connectivity index is 2.06. The van der Waals surface area contributed by atoms with E-state index in [0.717, 1.165) is 14.8 Å². The fourth-order valence-corrected chi connectivity index (χ4v) is 2.16. The van der Waals surface area contributed by atoms with Crippen LogP contribution in [0, 0.1) is 3.57 Å². The Morgan fingerprint density at radius 2 is 1.94 bits per heavy atom. The summed E-state index contributed by atoms with van der Waals surface area (Å²) in [6, 6.07) is 15.0. The molecule has 4 heteroatoms. The molecular weight excluding hydrogens is 341 g/mol. The number of aromatic carboxylic acids is 1. The van der Waals surface area contributed by atoms with Crippen LogP contribution in [0.4, 0.5) is 5.69 Å². The van der Waals surface area contributed by atoms with Gasteiger partial charge >= 0.3 is 5.97 Å². The number of carboxylic acid groups (broad SMARTS) is 1. The van der Waals surface area contributed by atoms with Crippen LogP contribution in [0.2, 0.25) is 0 Å². The lowest BCUT2D eigenvalue weighted by atomic mass is 10.1. The second-order valence-corrected chi connectivity index (χ2v) is 5.12. The molecule has 0 aliphatic heterocycles. The highest BCUT2D eigenvalue weighted by molar-refractivity contribution is 14.1. The average Bonchev–Trinajstić information content (AvgIpc) is 2.37. The van der Waals surface area contributed by atoms with E-state index < -0.39 is 5.97 Å². The lowest BCUT2D eigenvalue weighted by molar-refractivity contribution is 0.0697. The third kappa shape index (κ3) is 3.46. The van der Waals surface area contributed by atoms with Crippen molar-refractivity contribution in [2.45, 2.75) is 6.54 Å². The second kappa shape index (κ2) is 5.86. The average molecular weight is 353 g/mol. The third-order valence-electron chi connectivity index (χ3n) is 2.50. The van der Waals surface area contributed by atoms with Gasteiger partial charge in [0.25, 0.3) is 0 Å². The van der Waals surface area contributed by atoms with E-state index in [-0.39, 0.29) is 0 Å². The molecule has 0 bridgehead atoms. The molecule has 0 fully saturated rings. The predicted octanol–water partition coefficient (Wildman–Crippen LogP) is 3.60. The van der Waals surface area contributed by atoms with Gasteiger partial charge in [-0.05, 0) is 58.5 Å². The Hall–Kier alpha value is -1.56. The van der Waals surface area contributed by atoms with Crippen LogP contribution in [-0.2, 0) is 6.54 Å². The van der Waals surface area contributed by atoms with E-state index in [4.69, 9.17) is 5.11 Å². The zero-order valence-corrected chi connectivity index (χ0v) is 11.7. The highest BCUT2D eigenvalue weighted by atomic mass is 127. The molecule has 0 atom stereocenters. The summed E-state index contributed by atoms with van der Waals surface area (Å²) in [7, 11) is 0. The Morgan fingerprint density at radius 3 is 2.67 bits per heavy atom. The maximum Gasteiger partial charge on any atom is 0.335 e. The Bertz CT molecular complexity index is 569. The van der Waals surface area contributed by atoms with E-state index in [1.165, 1.54) is 0 Å². The van der Waals surface area contributed by atoms with E-state index in [2.05, 4.69) is 27.9 Å². The lowest BCUT2D eigenvalue weighted by Gasteiger charge is -2.07. The van der Waals surface area contributed by atoms with Crippen molar-refractivity contribution >= 4 is 34.2 Å². The van der Waals surface area contributed by atoms with Crippen molar-refractivity contribution in [1.82, 2.24) is 0 Å². The molecule has 2 N–H and O–H groups in total. The molecule has 0 amide bonds. The minimum absolute atomic E-state index is 0.317. The van der Waals surface area contributed by atoms with Crippen molar-refractivity contribution in [3.63, 3.8) is 0 Å². The van der Waals surface area contributed by atoms with Gasteiger partial charge in [0.15, 0.2) is 0 Å². The number of benzene rings is 2. The van der Waals surface area contributed by atoms with Gasteiger partial charge in [-0.3, -0.25) is 0 Å². The summed E-state index contributed by atoms with van der Waals surface area (Å²) in [5.74, 6) is -0.897. The number of hydrogen-bond donors (Lipinski definition) is 2. The topological polar surface area (TPSA) is 49.3 Å². The van der Waals surface area contributed by atoms with Gasteiger partial charge in [0.05, 0.1) is 5.56 Å². The van der Waals surface area contributed by atoms with Gasteiger partial charge in [0, 0.05) is 15.8 Å². The normalized spacial score (nSPS) is 10.1. The van der Waals surface area contributed by atoms with Crippen molar-refractivity contribution in [3.05, 3.63) is 63.2 Å². The Kier molecular flexibility index (Phi) is 4.19. The molecular formula is C14H12INO2. The van der Waals surface area contributed by atoms with Crippen molar-refractivity contribution in [2.24, 2.45) is 0 Å². The number of nitrogens with one attached hydrogen (secondary N) is 1. The minimum Gasteiger partial charge on any atom is -0.478 e. The fraction of sp³-hybridized carbons (Fsp3) is 0.0714. The zero-order valence-electron chi connectivity index (χ0n) is 9.56. The highest BCUT2D eigenvalue weighted by Crippen LogP contribution is 2.14. The van der Waals surface area contributed by atoms with Gasteiger partial charge in [-0.1, -0.05) is 18.2 Å². The molecule has 0 aliphatic carbocycles. The van der Waals surface area contributed by atoms with Gasteiger partial charge < -0.3 is 10.4 Å². The molecule has 0 heterocycles. The van der Waals surface area contributed by atoms with Gasteiger partial charge in [0.1, 0.15) is 0 Å². The van der Waals surface area contributed by atoms with Crippen LogP contribution < -0.4 is 5.32 Å². The maximum atomic E-state index is 10.9. The first kappa shape index (κ1) is 12.9. The minimum atomic E-state index is -0.897. The number of hydrogen-bond acceptors (Lipinski definition) is 2. The maximum absolute atomic E-state index is 10.9. The molecule has 3 nitrogen and oxygen atoms in total. The summed E-state index contributed by atoms with van der Waals surface area (Å²) in [4.78, 5) is 10.9. The van der Waals surface area contributed by atoms with Crippen LogP contribution in [0.3, 0.4) is 0 Å². The SMILES string of the molecule is O=C(O)c1cccc(CNc2cccc(I)c2)c1. The van der Waals surface area contributed by atoms with Crippen LogP contribution >= 0.6 is 22.6 Å². The van der Waals surface area contributed by atoms with Crippen molar-refractivity contribution in [1.29, 1.82) is 0 Å². The Morgan fingerprint density at radius 1 is 1.17 bits per heavy atom. The van der Waals surface area contributed by atoms with Crippen molar-refractivity contribution in [3.8, 4) is 0 Å². The molecule has 0 radical (unpaired) electrons. The summed E-state index contributed by atoms with van der Waals surface area (Å²) in [5.41, 5.74) is 2.30. The number of anilines is 1. The molecule has 2 aromatic rings. The largest absolute Gasteiger partial charge is 0.478 e. The third-order valence-corrected chi connectivity index (χ3v) is 3.17. The molecule has 92 valence electrons. The molecule has 0 unspecified atom stereocenters. The fourth-order valence-electron chi connectivity index (χ4n) is 1.62. The van der Waals surface area contributed by atoms with Crippen LogP contribution in [0.15, 0.2) is 48.5 Å². The molecule has 0 aliphatic rings. The number of halogens is 1. The molecule has 0 spiro atoms. The molecule has 2 rings (SSSR count). The molecule has 2 aromatic carbocycles. The van der Waals surface area contributed by atoms with Crippen molar-refractivity contribution in [2.75, 3.05) is 5.32 Å². The number of carbonyl (C=O) groups is 1. The van der Waals surface area contributed by atoms with Gasteiger partial charge in [-0.15, -0.1) is 0 Å². The summed E-state index contributed by atoms with van der Waals surface area (Å²) >= 11 is 2.26.